The second kappa shape index (κ2) is 2.36. The lowest BCUT2D eigenvalue weighted by atomic mass is 10.5. The quantitative estimate of drug-likeness (QED) is 0.423. The fourth-order valence-electron chi connectivity index (χ4n) is 0.648. The van der Waals surface area contributed by atoms with Crippen LogP contribution >= 0.6 is 11.8 Å². The van der Waals surface area contributed by atoms with E-state index in [-0.39, 0.29) is 0 Å². The lowest BCUT2D eigenvalue weighted by Crippen LogP contribution is -2.16. The van der Waals surface area contributed by atoms with Crippen molar-refractivity contribution >= 4 is 18.5 Å². The van der Waals surface area contributed by atoms with Crippen LogP contribution < -0.4 is 0 Å². The Labute approximate surface area is 48.4 Å². The lowest BCUT2D eigenvalue weighted by Gasteiger charge is -2.05. The SMILES string of the molecule is C=[N+]1CCCSC1. The molecule has 1 rings (SSSR count). The molecule has 1 fully saturated rings. The summed E-state index contributed by atoms with van der Waals surface area (Å²) in [5.74, 6) is 2.45. The summed E-state index contributed by atoms with van der Waals surface area (Å²) in [4.78, 5) is 0. The van der Waals surface area contributed by atoms with Crippen molar-refractivity contribution in [1.82, 2.24) is 0 Å². The van der Waals surface area contributed by atoms with Crippen LogP contribution in [-0.2, 0) is 0 Å². The average molecular weight is 116 g/mol. The van der Waals surface area contributed by atoms with Crippen molar-refractivity contribution in [2.75, 3.05) is 18.2 Å². The van der Waals surface area contributed by atoms with Crippen LogP contribution in [0, 0.1) is 0 Å². The van der Waals surface area contributed by atoms with Gasteiger partial charge in [-0.05, 0) is 0 Å². The van der Waals surface area contributed by atoms with Crippen LogP contribution in [0.5, 0.6) is 0 Å². The van der Waals surface area contributed by atoms with Crippen molar-refractivity contribution in [3.8, 4) is 0 Å². The summed E-state index contributed by atoms with van der Waals surface area (Å²) in [6.07, 6.45) is 1.31. The number of nitrogens with zero attached hydrogens (tertiary/aromatic N) is 1. The third-order valence-electron chi connectivity index (χ3n) is 1.04. The Hall–Kier alpha value is 0.0200. The highest BCUT2D eigenvalue weighted by Gasteiger charge is 2.06. The van der Waals surface area contributed by atoms with Gasteiger partial charge in [-0.2, -0.15) is 0 Å². The molecule has 0 atom stereocenters. The third-order valence-corrected chi connectivity index (χ3v) is 2.16. The molecule has 1 heterocycles. The zero-order valence-electron chi connectivity index (χ0n) is 4.39. The maximum atomic E-state index is 3.81. The zero-order valence-corrected chi connectivity index (χ0v) is 5.21. The number of hydrogen-bond acceptors (Lipinski definition) is 1. The molecule has 0 spiro atoms. The molecule has 0 saturated carbocycles. The van der Waals surface area contributed by atoms with Gasteiger partial charge in [-0.15, -0.1) is 0 Å². The zero-order chi connectivity index (χ0) is 5.11. The molecule has 1 nitrogen and oxygen atoms in total. The highest BCUT2D eigenvalue weighted by atomic mass is 32.2. The first kappa shape index (κ1) is 5.16. The monoisotopic (exact) mass is 116 g/mol. The van der Waals surface area contributed by atoms with E-state index in [4.69, 9.17) is 0 Å². The van der Waals surface area contributed by atoms with Crippen LogP contribution in [0.2, 0.25) is 0 Å². The summed E-state index contributed by atoms with van der Waals surface area (Å²) < 4.78 is 2.11. The van der Waals surface area contributed by atoms with Crippen LogP contribution in [0.25, 0.3) is 0 Å². The van der Waals surface area contributed by atoms with E-state index in [1.165, 1.54) is 18.7 Å². The molecule has 40 valence electrons. The van der Waals surface area contributed by atoms with Crippen LogP contribution in [0.4, 0.5) is 0 Å². The second-order valence-electron chi connectivity index (χ2n) is 1.79. The Morgan fingerprint density at radius 2 is 2.43 bits per heavy atom. The van der Waals surface area contributed by atoms with E-state index in [0.717, 1.165) is 5.88 Å². The number of rotatable bonds is 0. The molecule has 0 N–H and O–H groups in total. The maximum absolute atomic E-state index is 3.81. The fourth-order valence-corrected chi connectivity index (χ4v) is 1.50. The Balaban J connectivity index is 2.25. The summed E-state index contributed by atoms with van der Waals surface area (Å²) in [5.41, 5.74) is 0. The van der Waals surface area contributed by atoms with E-state index in [9.17, 15) is 0 Å². The first-order valence-electron chi connectivity index (χ1n) is 2.53. The van der Waals surface area contributed by atoms with Crippen LogP contribution in [0.15, 0.2) is 0 Å². The van der Waals surface area contributed by atoms with E-state index in [0.29, 0.717) is 0 Å². The van der Waals surface area contributed by atoms with E-state index in [2.05, 4.69) is 11.3 Å². The predicted molar refractivity (Wildman–Crippen MR) is 34.2 cm³/mol. The molecule has 0 amide bonds. The van der Waals surface area contributed by atoms with Crippen molar-refractivity contribution in [2.24, 2.45) is 0 Å². The number of thioether (sulfide) groups is 1. The van der Waals surface area contributed by atoms with Crippen LogP contribution in [0.3, 0.4) is 0 Å². The van der Waals surface area contributed by atoms with Gasteiger partial charge in [0.15, 0.2) is 5.88 Å². The highest BCUT2D eigenvalue weighted by molar-refractivity contribution is 7.99. The molecule has 0 unspecified atom stereocenters. The normalized spacial score (nSPS) is 22.6. The van der Waals surface area contributed by atoms with Gasteiger partial charge in [0, 0.05) is 12.2 Å². The van der Waals surface area contributed by atoms with E-state index < -0.39 is 0 Å². The van der Waals surface area contributed by atoms with Gasteiger partial charge in [0.2, 0.25) is 0 Å². The summed E-state index contributed by atoms with van der Waals surface area (Å²) in [5, 5.41) is 0. The van der Waals surface area contributed by atoms with Gasteiger partial charge in [-0.3, -0.25) is 0 Å². The third kappa shape index (κ3) is 1.51. The molecule has 0 aliphatic carbocycles. The molecule has 1 aliphatic rings. The minimum Gasteiger partial charge on any atom is -0.233 e. The van der Waals surface area contributed by atoms with Crippen LogP contribution in [-0.4, -0.2) is 29.5 Å². The standard InChI is InChI=1S/C5H10NS/c1-6-3-2-4-7-5-6/h1-5H2/q+1. The Kier molecular flexibility index (Phi) is 1.74. The summed E-state index contributed by atoms with van der Waals surface area (Å²) in [7, 11) is 0. The second-order valence-corrected chi connectivity index (χ2v) is 2.86. The molecule has 0 aromatic heterocycles. The summed E-state index contributed by atoms with van der Waals surface area (Å²) in [6.45, 7) is 5.00. The smallest absolute Gasteiger partial charge is 0.188 e. The molecule has 7 heavy (non-hydrogen) atoms. The van der Waals surface area contributed by atoms with Crippen molar-refractivity contribution in [1.29, 1.82) is 0 Å². The summed E-state index contributed by atoms with van der Waals surface area (Å²) in [6, 6.07) is 0. The average Bonchev–Trinajstić information content (AvgIpc) is 1.69. The fraction of sp³-hybridized carbons (Fsp3) is 0.800. The largest absolute Gasteiger partial charge is 0.233 e. The lowest BCUT2D eigenvalue weighted by molar-refractivity contribution is -0.500. The minimum atomic E-state index is 1.12. The van der Waals surface area contributed by atoms with Gasteiger partial charge < -0.3 is 0 Å². The van der Waals surface area contributed by atoms with E-state index in [1.807, 2.05) is 11.8 Å². The Bertz CT molecular complexity index is 72.1. The minimum absolute atomic E-state index is 1.12. The first-order valence-corrected chi connectivity index (χ1v) is 3.68. The van der Waals surface area contributed by atoms with Gasteiger partial charge >= 0.3 is 0 Å². The van der Waals surface area contributed by atoms with Gasteiger partial charge in [0.05, 0.1) is 0 Å². The summed E-state index contributed by atoms with van der Waals surface area (Å²) >= 11 is 1.97. The highest BCUT2D eigenvalue weighted by Crippen LogP contribution is 2.07. The van der Waals surface area contributed by atoms with Gasteiger partial charge in [0.1, 0.15) is 13.3 Å². The molecule has 1 aliphatic heterocycles. The van der Waals surface area contributed by atoms with E-state index in [1.54, 1.807) is 0 Å². The van der Waals surface area contributed by atoms with Crippen molar-refractivity contribution in [3.05, 3.63) is 0 Å². The molecule has 0 aromatic rings. The van der Waals surface area contributed by atoms with Gasteiger partial charge in [0.25, 0.3) is 0 Å². The molecular formula is C5H10NS+. The van der Waals surface area contributed by atoms with Crippen molar-refractivity contribution in [2.45, 2.75) is 6.42 Å². The molecule has 2 heteroatoms. The predicted octanol–water partition coefficient (Wildman–Crippen LogP) is 0.794. The first-order chi connectivity index (χ1) is 3.39. The molecule has 0 aromatic carbocycles. The van der Waals surface area contributed by atoms with Crippen LogP contribution in [0.1, 0.15) is 6.42 Å². The van der Waals surface area contributed by atoms with Crippen molar-refractivity contribution in [3.63, 3.8) is 0 Å². The van der Waals surface area contributed by atoms with E-state index >= 15 is 0 Å². The Morgan fingerprint density at radius 3 is 2.71 bits per heavy atom. The topological polar surface area (TPSA) is 3.01 Å². The molecular weight excluding hydrogens is 106 g/mol. The molecule has 1 saturated heterocycles. The number of hydrogen-bond donors (Lipinski definition) is 0. The van der Waals surface area contributed by atoms with Crippen molar-refractivity contribution < 1.29 is 4.58 Å². The van der Waals surface area contributed by atoms with Gasteiger partial charge in [-0.25, -0.2) is 4.58 Å². The Morgan fingerprint density at radius 1 is 1.57 bits per heavy atom. The van der Waals surface area contributed by atoms with Gasteiger partial charge in [-0.1, -0.05) is 11.8 Å². The molecule has 0 radical (unpaired) electrons. The maximum Gasteiger partial charge on any atom is 0.188 e. The molecule has 0 bridgehead atoms.